The van der Waals surface area contributed by atoms with Crippen LogP contribution in [0.4, 0.5) is 25.8 Å². The van der Waals surface area contributed by atoms with Crippen LogP contribution in [0.1, 0.15) is 12.0 Å². The average Bonchev–Trinajstić information content (AvgIpc) is 2.49. The normalized spacial score (nSPS) is 11.0. The minimum atomic E-state index is -2.59. The highest BCUT2D eigenvalue weighted by atomic mass is 19.3. The van der Waals surface area contributed by atoms with Crippen molar-refractivity contribution in [2.45, 2.75) is 6.43 Å². The molecule has 2 aromatic carbocycles. The average molecular weight is 285 g/mol. The molecule has 0 atom stereocenters. The SMILES string of the molecule is Nc1ccc(Nc2ccc3ncccc3c2)c(C(F)F)c1. The summed E-state index contributed by atoms with van der Waals surface area (Å²) in [6.45, 7) is 0. The Labute approximate surface area is 120 Å². The van der Waals surface area contributed by atoms with E-state index in [1.807, 2.05) is 24.3 Å². The van der Waals surface area contributed by atoms with Crippen LogP contribution < -0.4 is 11.1 Å². The molecule has 1 aromatic heterocycles. The predicted molar refractivity (Wildman–Crippen MR) is 80.8 cm³/mol. The number of hydrogen-bond acceptors (Lipinski definition) is 3. The lowest BCUT2D eigenvalue weighted by molar-refractivity contribution is 0.152. The standard InChI is InChI=1S/C16H13F2N3/c17-16(18)13-9-11(19)3-5-15(13)21-12-4-6-14-10(8-12)2-1-7-20-14/h1-9,16,21H,19H2. The molecule has 3 rings (SSSR count). The number of rotatable bonds is 3. The van der Waals surface area contributed by atoms with Gasteiger partial charge in [-0.25, -0.2) is 8.78 Å². The molecule has 0 aliphatic rings. The number of aromatic nitrogens is 1. The van der Waals surface area contributed by atoms with Crippen molar-refractivity contribution in [3.05, 3.63) is 60.3 Å². The Morgan fingerprint density at radius 1 is 1.05 bits per heavy atom. The maximum absolute atomic E-state index is 13.1. The Kier molecular flexibility index (Phi) is 3.39. The fourth-order valence-electron chi connectivity index (χ4n) is 2.18. The molecule has 106 valence electrons. The van der Waals surface area contributed by atoms with Crippen LogP contribution in [0.3, 0.4) is 0 Å². The first-order chi connectivity index (χ1) is 10.1. The molecule has 5 heteroatoms. The van der Waals surface area contributed by atoms with Gasteiger partial charge in [0.15, 0.2) is 0 Å². The van der Waals surface area contributed by atoms with Gasteiger partial charge in [0.25, 0.3) is 6.43 Å². The molecule has 0 saturated heterocycles. The van der Waals surface area contributed by atoms with Crippen molar-refractivity contribution in [2.75, 3.05) is 11.1 Å². The molecule has 3 N–H and O–H groups in total. The van der Waals surface area contributed by atoms with Gasteiger partial charge in [-0.1, -0.05) is 6.07 Å². The lowest BCUT2D eigenvalue weighted by atomic mass is 10.1. The zero-order valence-corrected chi connectivity index (χ0v) is 11.1. The third-order valence-corrected chi connectivity index (χ3v) is 3.19. The molecule has 0 aliphatic carbocycles. The van der Waals surface area contributed by atoms with Crippen molar-refractivity contribution in [1.29, 1.82) is 0 Å². The van der Waals surface area contributed by atoms with Crippen LogP contribution in [-0.4, -0.2) is 4.98 Å². The summed E-state index contributed by atoms with van der Waals surface area (Å²) in [5.41, 5.74) is 7.70. The van der Waals surface area contributed by atoms with Gasteiger partial charge in [0.05, 0.1) is 5.52 Å². The Morgan fingerprint density at radius 2 is 1.90 bits per heavy atom. The highest BCUT2D eigenvalue weighted by molar-refractivity contribution is 5.83. The van der Waals surface area contributed by atoms with E-state index in [1.165, 1.54) is 6.07 Å². The molecule has 0 radical (unpaired) electrons. The van der Waals surface area contributed by atoms with E-state index in [4.69, 9.17) is 5.73 Å². The summed E-state index contributed by atoms with van der Waals surface area (Å²) in [6, 6.07) is 13.7. The second-order valence-corrected chi connectivity index (χ2v) is 4.68. The molecule has 0 aliphatic heterocycles. The van der Waals surface area contributed by atoms with Crippen molar-refractivity contribution in [3.8, 4) is 0 Å². The van der Waals surface area contributed by atoms with Crippen LogP contribution in [0.15, 0.2) is 54.7 Å². The molecule has 0 amide bonds. The molecular weight excluding hydrogens is 272 g/mol. The largest absolute Gasteiger partial charge is 0.399 e. The van der Waals surface area contributed by atoms with E-state index in [1.54, 1.807) is 24.4 Å². The van der Waals surface area contributed by atoms with Gasteiger partial charge in [0.1, 0.15) is 0 Å². The third-order valence-electron chi connectivity index (χ3n) is 3.19. The number of nitrogen functional groups attached to an aromatic ring is 1. The Morgan fingerprint density at radius 3 is 2.71 bits per heavy atom. The Bertz CT molecular complexity index is 787. The van der Waals surface area contributed by atoms with Crippen molar-refractivity contribution >= 4 is 28.0 Å². The number of nitrogens with two attached hydrogens (primary N) is 1. The van der Waals surface area contributed by atoms with Crippen LogP contribution in [0, 0.1) is 0 Å². The highest BCUT2D eigenvalue weighted by Crippen LogP contribution is 2.31. The first-order valence-corrected chi connectivity index (χ1v) is 6.43. The number of alkyl halides is 2. The van der Waals surface area contributed by atoms with Gasteiger partial charge in [0, 0.05) is 34.2 Å². The molecular formula is C16H13F2N3. The molecule has 0 fully saturated rings. The Balaban J connectivity index is 1.98. The van der Waals surface area contributed by atoms with Gasteiger partial charge in [-0.2, -0.15) is 0 Å². The molecule has 1 heterocycles. The fourth-order valence-corrected chi connectivity index (χ4v) is 2.18. The highest BCUT2D eigenvalue weighted by Gasteiger charge is 2.13. The molecule has 0 saturated carbocycles. The summed E-state index contributed by atoms with van der Waals surface area (Å²) in [5.74, 6) is 0. The van der Waals surface area contributed by atoms with Gasteiger partial charge in [-0.3, -0.25) is 4.98 Å². The molecule has 0 bridgehead atoms. The van der Waals surface area contributed by atoms with Gasteiger partial charge >= 0.3 is 0 Å². The number of pyridine rings is 1. The van der Waals surface area contributed by atoms with Crippen LogP contribution in [0.2, 0.25) is 0 Å². The van der Waals surface area contributed by atoms with Crippen molar-refractivity contribution in [2.24, 2.45) is 0 Å². The van der Waals surface area contributed by atoms with Gasteiger partial charge in [0.2, 0.25) is 0 Å². The Hall–Kier alpha value is -2.69. The molecule has 3 nitrogen and oxygen atoms in total. The topological polar surface area (TPSA) is 50.9 Å². The number of benzene rings is 2. The predicted octanol–water partition coefficient (Wildman–Crippen LogP) is 4.50. The zero-order chi connectivity index (χ0) is 14.8. The van der Waals surface area contributed by atoms with Gasteiger partial charge in [-0.05, 0) is 42.5 Å². The van der Waals surface area contributed by atoms with E-state index in [0.29, 0.717) is 11.4 Å². The number of hydrogen-bond donors (Lipinski definition) is 2. The molecule has 0 unspecified atom stereocenters. The first kappa shape index (κ1) is 13.3. The van der Waals surface area contributed by atoms with Crippen molar-refractivity contribution < 1.29 is 8.78 Å². The maximum atomic E-state index is 13.1. The van der Waals surface area contributed by atoms with E-state index >= 15 is 0 Å². The third kappa shape index (κ3) is 2.76. The van der Waals surface area contributed by atoms with E-state index in [0.717, 1.165) is 16.6 Å². The van der Waals surface area contributed by atoms with Crippen molar-refractivity contribution in [1.82, 2.24) is 4.98 Å². The number of nitrogens with zero attached hydrogens (tertiary/aromatic N) is 1. The van der Waals surface area contributed by atoms with Crippen molar-refractivity contribution in [3.63, 3.8) is 0 Å². The van der Waals surface area contributed by atoms with Gasteiger partial charge in [-0.15, -0.1) is 0 Å². The summed E-state index contributed by atoms with van der Waals surface area (Å²) in [5, 5.41) is 3.95. The number of fused-ring (bicyclic) bond motifs is 1. The number of anilines is 3. The number of nitrogens with one attached hydrogen (secondary N) is 1. The summed E-state index contributed by atoms with van der Waals surface area (Å²) in [4.78, 5) is 4.22. The molecule has 21 heavy (non-hydrogen) atoms. The van der Waals surface area contributed by atoms with Crippen LogP contribution in [0.5, 0.6) is 0 Å². The summed E-state index contributed by atoms with van der Waals surface area (Å²) >= 11 is 0. The van der Waals surface area contributed by atoms with E-state index in [-0.39, 0.29) is 5.56 Å². The van der Waals surface area contributed by atoms with Crippen LogP contribution >= 0.6 is 0 Å². The lowest BCUT2D eigenvalue weighted by Crippen LogP contribution is -1.98. The lowest BCUT2D eigenvalue weighted by Gasteiger charge is -2.13. The minimum absolute atomic E-state index is 0.110. The van der Waals surface area contributed by atoms with Crippen LogP contribution in [0.25, 0.3) is 10.9 Å². The molecule has 0 spiro atoms. The fraction of sp³-hybridized carbons (Fsp3) is 0.0625. The van der Waals surface area contributed by atoms with E-state index in [2.05, 4.69) is 10.3 Å². The number of halogens is 2. The van der Waals surface area contributed by atoms with E-state index in [9.17, 15) is 8.78 Å². The summed E-state index contributed by atoms with van der Waals surface area (Å²) in [6.07, 6.45) is -0.872. The monoisotopic (exact) mass is 285 g/mol. The second kappa shape index (κ2) is 5.36. The first-order valence-electron chi connectivity index (χ1n) is 6.43. The zero-order valence-electron chi connectivity index (χ0n) is 11.1. The van der Waals surface area contributed by atoms with E-state index < -0.39 is 6.43 Å². The minimum Gasteiger partial charge on any atom is -0.399 e. The van der Waals surface area contributed by atoms with Gasteiger partial charge < -0.3 is 11.1 Å². The second-order valence-electron chi connectivity index (χ2n) is 4.68. The molecule has 3 aromatic rings. The quantitative estimate of drug-likeness (QED) is 0.697. The smallest absolute Gasteiger partial charge is 0.265 e. The summed E-state index contributed by atoms with van der Waals surface area (Å²) in [7, 11) is 0. The summed E-state index contributed by atoms with van der Waals surface area (Å²) < 4.78 is 26.1. The maximum Gasteiger partial charge on any atom is 0.265 e. The van der Waals surface area contributed by atoms with Crippen LogP contribution in [-0.2, 0) is 0 Å².